The molecule has 0 amide bonds. The van der Waals surface area contributed by atoms with Gasteiger partial charge in [0.15, 0.2) is 0 Å². The Bertz CT molecular complexity index is 738. The molecular weight excluding hydrogens is 246 g/mol. The van der Waals surface area contributed by atoms with Gasteiger partial charge in [0.2, 0.25) is 0 Å². The van der Waals surface area contributed by atoms with Crippen molar-refractivity contribution >= 4 is 17.1 Å². The van der Waals surface area contributed by atoms with E-state index in [9.17, 15) is 10.1 Å². The molecule has 0 heterocycles. The van der Waals surface area contributed by atoms with Crippen LogP contribution in [0.4, 0.5) is 11.4 Å². The number of non-ortho nitro benzene ring substituents is 1. The van der Waals surface area contributed by atoms with Crippen LogP contribution < -0.4 is 5.73 Å². The molecule has 1 aliphatic rings. The molecule has 2 aromatic carbocycles. The normalized spacial score (nSPS) is 14.2. The van der Waals surface area contributed by atoms with Gasteiger partial charge >= 0.3 is 0 Å². The molecule has 2 aromatic rings. The highest BCUT2D eigenvalue weighted by Crippen LogP contribution is 2.39. The van der Waals surface area contributed by atoms with Gasteiger partial charge in [-0.25, -0.2) is 0 Å². The summed E-state index contributed by atoms with van der Waals surface area (Å²) >= 11 is 0. The lowest BCUT2D eigenvalue weighted by atomic mass is 10.1. The number of nitrogens with zero attached hydrogens (tertiary/aromatic N) is 2. The largest absolute Gasteiger partial charge is 0.410 e. The van der Waals surface area contributed by atoms with Crippen molar-refractivity contribution in [3.8, 4) is 11.1 Å². The summed E-state index contributed by atoms with van der Waals surface area (Å²) in [7, 11) is 0. The van der Waals surface area contributed by atoms with Crippen LogP contribution in [0.5, 0.6) is 0 Å². The van der Waals surface area contributed by atoms with E-state index in [1.807, 2.05) is 6.07 Å². The number of fused-ring (bicyclic) bond motifs is 3. The lowest BCUT2D eigenvalue weighted by molar-refractivity contribution is -0.384. The average Bonchev–Trinajstić information content (AvgIpc) is 2.70. The number of anilines is 1. The van der Waals surface area contributed by atoms with Crippen LogP contribution in [0.25, 0.3) is 11.1 Å². The zero-order valence-electron chi connectivity index (χ0n) is 9.70. The summed E-state index contributed by atoms with van der Waals surface area (Å²) in [4.78, 5) is 10.3. The van der Waals surface area contributed by atoms with Crippen molar-refractivity contribution in [2.75, 3.05) is 5.73 Å². The summed E-state index contributed by atoms with van der Waals surface area (Å²) in [6, 6.07) is 9.73. The Hall–Kier alpha value is -2.89. The van der Waals surface area contributed by atoms with Gasteiger partial charge in [-0.1, -0.05) is 11.2 Å². The lowest BCUT2D eigenvalue weighted by Crippen LogP contribution is -1.99. The van der Waals surface area contributed by atoms with E-state index in [0.29, 0.717) is 22.5 Å². The van der Waals surface area contributed by atoms with Gasteiger partial charge in [-0.3, -0.25) is 10.1 Å². The van der Waals surface area contributed by atoms with Crippen molar-refractivity contribution < 1.29 is 10.1 Å². The van der Waals surface area contributed by atoms with Crippen LogP contribution in [0, 0.1) is 10.1 Å². The highest BCUT2D eigenvalue weighted by atomic mass is 16.6. The summed E-state index contributed by atoms with van der Waals surface area (Å²) < 4.78 is 0. The minimum Gasteiger partial charge on any atom is -0.410 e. The molecule has 94 valence electrons. The fourth-order valence-electron chi connectivity index (χ4n) is 2.32. The van der Waals surface area contributed by atoms with Gasteiger partial charge < -0.3 is 10.9 Å². The zero-order chi connectivity index (χ0) is 13.6. The Morgan fingerprint density at radius 2 is 1.68 bits per heavy atom. The summed E-state index contributed by atoms with van der Waals surface area (Å²) in [5.41, 5.74) is 9.40. The Labute approximate surface area is 107 Å². The number of nitro benzene ring substituents is 1. The second-order valence-electron chi connectivity index (χ2n) is 4.24. The van der Waals surface area contributed by atoms with Crippen LogP contribution in [0.3, 0.4) is 0 Å². The van der Waals surface area contributed by atoms with Crippen LogP contribution in [0.15, 0.2) is 41.6 Å². The molecule has 0 atom stereocenters. The molecule has 0 radical (unpaired) electrons. The van der Waals surface area contributed by atoms with E-state index in [4.69, 9.17) is 10.9 Å². The maximum atomic E-state index is 10.8. The second-order valence-corrected chi connectivity index (χ2v) is 4.24. The van der Waals surface area contributed by atoms with Crippen molar-refractivity contribution in [1.82, 2.24) is 0 Å². The van der Waals surface area contributed by atoms with E-state index in [1.54, 1.807) is 18.2 Å². The number of nitrogen functional groups attached to an aromatic ring is 1. The molecule has 3 rings (SSSR count). The number of hydrogen-bond acceptors (Lipinski definition) is 5. The van der Waals surface area contributed by atoms with Crippen molar-refractivity contribution in [1.29, 1.82) is 0 Å². The van der Waals surface area contributed by atoms with Gasteiger partial charge in [-0.05, 0) is 29.3 Å². The number of hydrogen-bond donors (Lipinski definition) is 2. The van der Waals surface area contributed by atoms with Crippen LogP contribution in [0.2, 0.25) is 0 Å². The Morgan fingerprint density at radius 1 is 1.05 bits per heavy atom. The standard InChI is InChI=1S/C13H9N3O3/c14-7-1-3-9-10-4-2-8(16(18)19)6-12(10)13(15-17)11(9)5-7/h1-6,17H,14H2/b15-13-. The summed E-state index contributed by atoms with van der Waals surface area (Å²) in [5.74, 6) is 0. The highest BCUT2D eigenvalue weighted by Gasteiger charge is 2.27. The molecule has 0 spiro atoms. The third-order valence-corrected chi connectivity index (χ3v) is 3.16. The molecule has 1 aliphatic carbocycles. The van der Waals surface area contributed by atoms with E-state index in [1.165, 1.54) is 12.1 Å². The Morgan fingerprint density at radius 3 is 2.32 bits per heavy atom. The third kappa shape index (κ3) is 1.54. The van der Waals surface area contributed by atoms with E-state index in [-0.39, 0.29) is 5.69 Å². The first-order valence-corrected chi connectivity index (χ1v) is 5.53. The first-order chi connectivity index (χ1) is 9.11. The molecule has 0 fully saturated rings. The van der Waals surface area contributed by atoms with Crippen LogP contribution >= 0.6 is 0 Å². The van der Waals surface area contributed by atoms with Crippen molar-refractivity contribution in [2.24, 2.45) is 5.16 Å². The number of nitro groups is 1. The molecule has 0 unspecified atom stereocenters. The van der Waals surface area contributed by atoms with Gasteiger partial charge in [0.05, 0.1) is 4.92 Å². The molecule has 0 saturated carbocycles. The predicted molar refractivity (Wildman–Crippen MR) is 70.4 cm³/mol. The molecule has 6 nitrogen and oxygen atoms in total. The first-order valence-electron chi connectivity index (χ1n) is 5.53. The summed E-state index contributed by atoms with van der Waals surface area (Å²) in [6.45, 7) is 0. The summed E-state index contributed by atoms with van der Waals surface area (Å²) in [6.07, 6.45) is 0. The monoisotopic (exact) mass is 255 g/mol. The minimum atomic E-state index is -0.480. The first kappa shape index (κ1) is 11.2. The lowest BCUT2D eigenvalue weighted by Gasteiger charge is -2.00. The number of nitrogens with two attached hydrogens (primary N) is 1. The van der Waals surface area contributed by atoms with Crippen molar-refractivity contribution in [3.63, 3.8) is 0 Å². The van der Waals surface area contributed by atoms with Crippen LogP contribution in [0.1, 0.15) is 11.1 Å². The van der Waals surface area contributed by atoms with E-state index < -0.39 is 4.92 Å². The molecule has 6 heteroatoms. The fraction of sp³-hybridized carbons (Fsp3) is 0. The molecule has 0 aromatic heterocycles. The molecule has 19 heavy (non-hydrogen) atoms. The Balaban J connectivity index is 2.30. The third-order valence-electron chi connectivity index (χ3n) is 3.16. The average molecular weight is 255 g/mol. The van der Waals surface area contributed by atoms with Gasteiger partial charge in [-0.15, -0.1) is 0 Å². The molecule has 0 bridgehead atoms. The number of benzene rings is 2. The SMILES string of the molecule is Nc1ccc2c(c1)/C(=N/O)c1cc([N+](=O)[O-])ccc1-2. The fourth-order valence-corrected chi connectivity index (χ4v) is 2.32. The topological polar surface area (TPSA) is 102 Å². The van der Waals surface area contributed by atoms with Gasteiger partial charge in [0, 0.05) is 28.9 Å². The van der Waals surface area contributed by atoms with E-state index in [2.05, 4.69) is 5.16 Å². The van der Waals surface area contributed by atoms with Crippen molar-refractivity contribution in [2.45, 2.75) is 0 Å². The smallest absolute Gasteiger partial charge is 0.270 e. The van der Waals surface area contributed by atoms with Gasteiger partial charge in [0.1, 0.15) is 5.71 Å². The number of oxime groups is 1. The van der Waals surface area contributed by atoms with Crippen molar-refractivity contribution in [3.05, 3.63) is 57.6 Å². The van der Waals surface area contributed by atoms with Gasteiger partial charge in [-0.2, -0.15) is 0 Å². The number of rotatable bonds is 1. The van der Waals surface area contributed by atoms with E-state index >= 15 is 0 Å². The maximum Gasteiger partial charge on any atom is 0.270 e. The highest BCUT2D eigenvalue weighted by molar-refractivity contribution is 6.24. The minimum absolute atomic E-state index is 0.0410. The molecule has 0 aliphatic heterocycles. The molecule has 3 N–H and O–H groups in total. The van der Waals surface area contributed by atoms with E-state index in [0.717, 1.165) is 11.1 Å². The van der Waals surface area contributed by atoms with Crippen LogP contribution in [-0.4, -0.2) is 15.8 Å². The molecular formula is C13H9N3O3. The Kier molecular flexibility index (Phi) is 2.25. The molecule has 0 saturated heterocycles. The zero-order valence-corrected chi connectivity index (χ0v) is 9.70. The summed E-state index contributed by atoms with van der Waals surface area (Å²) in [5, 5.41) is 23.2. The van der Waals surface area contributed by atoms with Gasteiger partial charge in [0.25, 0.3) is 5.69 Å². The maximum absolute atomic E-state index is 10.8. The quantitative estimate of drug-likeness (QED) is 0.301. The predicted octanol–water partition coefficient (Wildman–Crippen LogP) is 2.38. The second kappa shape index (κ2) is 3.81. The van der Waals surface area contributed by atoms with Crippen LogP contribution in [-0.2, 0) is 0 Å².